The summed E-state index contributed by atoms with van der Waals surface area (Å²) in [4.78, 5) is 38.7. The monoisotopic (exact) mass is 453 g/mol. The molecule has 0 aromatic heterocycles. The van der Waals surface area contributed by atoms with E-state index in [0.717, 1.165) is 10.5 Å². The zero-order valence-corrected chi connectivity index (χ0v) is 17.9. The molecule has 2 unspecified atom stereocenters. The Bertz CT molecular complexity index is 998. The zero-order valence-electron chi connectivity index (χ0n) is 15.6. The number of hydrogen-bond acceptors (Lipinski definition) is 3. The first-order chi connectivity index (χ1) is 13.6. The highest BCUT2D eigenvalue weighted by atomic mass is 35.5. The van der Waals surface area contributed by atoms with E-state index >= 15 is 0 Å². The molecule has 0 bridgehead atoms. The predicted molar refractivity (Wildman–Crippen MR) is 112 cm³/mol. The fourth-order valence-electron chi connectivity index (χ4n) is 3.18. The van der Waals surface area contributed by atoms with Gasteiger partial charge in [-0.05, 0) is 43.2 Å². The van der Waals surface area contributed by atoms with Gasteiger partial charge < -0.3 is 10.6 Å². The number of rotatable bonds is 5. The Labute approximate surface area is 183 Å². The van der Waals surface area contributed by atoms with Crippen molar-refractivity contribution in [3.8, 4) is 0 Å². The number of nitrogens with one attached hydrogen (secondary N) is 2. The second kappa shape index (κ2) is 8.22. The highest BCUT2D eigenvalue weighted by molar-refractivity contribution is 6.42. The Hall–Kier alpha value is -2.28. The van der Waals surface area contributed by atoms with Gasteiger partial charge in [0.15, 0.2) is 0 Å². The van der Waals surface area contributed by atoms with Gasteiger partial charge in [-0.2, -0.15) is 0 Å². The van der Waals surface area contributed by atoms with Crippen LogP contribution in [-0.2, 0) is 15.1 Å². The number of imide groups is 1. The van der Waals surface area contributed by atoms with Gasteiger partial charge >= 0.3 is 6.03 Å². The number of urea groups is 1. The summed E-state index contributed by atoms with van der Waals surface area (Å²) >= 11 is 18.1. The molecule has 0 aliphatic carbocycles. The zero-order chi connectivity index (χ0) is 21.3. The summed E-state index contributed by atoms with van der Waals surface area (Å²) in [6, 6.07) is 10.7. The van der Waals surface area contributed by atoms with Crippen LogP contribution in [0.1, 0.15) is 31.0 Å². The Morgan fingerprint density at radius 2 is 1.79 bits per heavy atom. The molecular formula is C20H18Cl3N3O3. The molecule has 1 aliphatic rings. The SMILES string of the molecule is CC(NC(=O)CN1C(=O)NC(C)(c2ccc(Cl)c(Cl)c2)C1=O)c1ccccc1Cl. The van der Waals surface area contributed by atoms with Crippen LogP contribution < -0.4 is 10.6 Å². The second-order valence-electron chi connectivity index (χ2n) is 6.89. The normalized spacial score (nSPS) is 19.8. The first-order valence-electron chi connectivity index (χ1n) is 8.77. The van der Waals surface area contributed by atoms with Crippen LogP contribution in [0.15, 0.2) is 42.5 Å². The van der Waals surface area contributed by atoms with Crippen LogP contribution in [-0.4, -0.2) is 29.3 Å². The number of halogens is 3. The molecule has 6 nitrogen and oxygen atoms in total. The molecule has 3 rings (SSSR count). The van der Waals surface area contributed by atoms with E-state index in [9.17, 15) is 14.4 Å². The molecule has 4 amide bonds. The largest absolute Gasteiger partial charge is 0.348 e. The fourth-order valence-corrected chi connectivity index (χ4v) is 3.78. The van der Waals surface area contributed by atoms with Gasteiger partial charge in [-0.3, -0.25) is 14.5 Å². The van der Waals surface area contributed by atoms with Gasteiger partial charge in [-0.15, -0.1) is 0 Å². The van der Waals surface area contributed by atoms with Crippen LogP contribution in [0.4, 0.5) is 4.79 Å². The molecule has 1 aliphatic heterocycles. The molecule has 2 aromatic rings. The topological polar surface area (TPSA) is 78.5 Å². The van der Waals surface area contributed by atoms with E-state index in [2.05, 4.69) is 10.6 Å². The third-order valence-corrected chi connectivity index (χ3v) is 5.91. The van der Waals surface area contributed by atoms with Crippen LogP contribution in [0, 0.1) is 0 Å². The second-order valence-corrected chi connectivity index (χ2v) is 8.11. The van der Waals surface area contributed by atoms with Crippen molar-refractivity contribution in [1.29, 1.82) is 0 Å². The number of carbonyl (C=O) groups is 3. The minimum Gasteiger partial charge on any atom is -0.348 e. The number of amides is 4. The molecule has 9 heteroatoms. The molecule has 0 saturated carbocycles. The van der Waals surface area contributed by atoms with Gasteiger partial charge in [0.2, 0.25) is 5.91 Å². The highest BCUT2D eigenvalue weighted by Crippen LogP contribution is 2.33. The van der Waals surface area contributed by atoms with Gasteiger partial charge in [0, 0.05) is 5.02 Å². The fraction of sp³-hybridized carbons (Fsp3) is 0.250. The summed E-state index contributed by atoms with van der Waals surface area (Å²) in [5, 5.41) is 6.49. The van der Waals surface area contributed by atoms with Crippen molar-refractivity contribution < 1.29 is 14.4 Å². The van der Waals surface area contributed by atoms with E-state index in [1.165, 1.54) is 6.07 Å². The van der Waals surface area contributed by atoms with E-state index in [-0.39, 0.29) is 5.02 Å². The molecule has 0 spiro atoms. The maximum Gasteiger partial charge on any atom is 0.325 e. The van der Waals surface area contributed by atoms with Gasteiger partial charge in [0.1, 0.15) is 12.1 Å². The third-order valence-electron chi connectivity index (χ3n) is 4.82. The van der Waals surface area contributed by atoms with E-state index in [0.29, 0.717) is 15.6 Å². The number of benzene rings is 2. The van der Waals surface area contributed by atoms with E-state index in [4.69, 9.17) is 34.8 Å². The summed E-state index contributed by atoms with van der Waals surface area (Å²) in [6.07, 6.45) is 0. The minimum absolute atomic E-state index is 0.261. The van der Waals surface area contributed by atoms with Crippen molar-refractivity contribution in [2.75, 3.05) is 6.54 Å². The summed E-state index contributed by atoms with van der Waals surface area (Å²) in [5.41, 5.74) is -0.141. The maximum absolute atomic E-state index is 12.9. The lowest BCUT2D eigenvalue weighted by atomic mass is 9.92. The van der Waals surface area contributed by atoms with Crippen LogP contribution in [0.5, 0.6) is 0 Å². The Morgan fingerprint density at radius 1 is 1.10 bits per heavy atom. The van der Waals surface area contributed by atoms with Crippen LogP contribution >= 0.6 is 34.8 Å². The first-order valence-corrected chi connectivity index (χ1v) is 9.90. The lowest BCUT2D eigenvalue weighted by Gasteiger charge is -2.23. The van der Waals surface area contributed by atoms with E-state index in [1.54, 1.807) is 44.2 Å². The molecule has 0 radical (unpaired) electrons. The number of carbonyl (C=O) groups excluding carboxylic acids is 3. The van der Waals surface area contributed by atoms with Crippen molar-refractivity contribution >= 4 is 52.6 Å². The highest BCUT2D eigenvalue weighted by Gasteiger charge is 2.49. The first kappa shape index (κ1) is 21.4. The Kier molecular flexibility index (Phi) is 6.08. The van der Waals surface area contributed by atoms with Crippen LogP contribution in [0.2, 0.25) is 15.1 Å². The number of hydrogen-bond donors (Lipinski definition) is 2. The average molecular weight is 455 g/mol. The van der Waals surface area contributed by atoms with Crippen molar-refractivity contribution in [3.63, 3.8) is 0 Å². The molecule has 29 heavy (non-hydrogen) atoms. The summed E-state index contributed by atoms with van der Waals surface area (Å²) in [5.74, 6) is -1.04. The van der Waals surface area contributed by atoms with E-state index in [1.807, 2.05) is 6.07 Å². The molecule has 152 valence electrons. The van der Waals surface area contributed by atoms with Gasteiger partial charge in [-0.1, -0.05) is 59.1 Å². The van der Waals surface area contributed by atoms with E-state index < -0.39 is 36.0 Å². The molecular weight excluding hydrogens is 437 g/mol. The lowest BCUT2D eigenvalue weighted by molar-refractivity contribution is -0.135. The smallest absolute Gasteiger partial charge is 0.325 e. The van der Waals surface area contributed by atoms with Crippen molar-refractivity contribution in [1.82, 2.24) is 15.5 Å². The Balaban J connectivity index is 1.73. The minimum atomic E-state index is -1.35. The van der Waals surface area contributed by atoms with Gasteiger partial charge in [-0.25, -0.2) is 4.79 Å². The molecule has 1 fully saturated rings. The summed E-state index contributed by atoms with van der Waals surface area (Å²) < 4.78 is 0. The maximum atomic E-state index is 12.9. The summed E-state index contributed by atoms with van der Waals surface area (Å²) in [7, 11) is 0. The molecule has 2 atom stereocenters. The Morgan fingerprint density at radius 3 is 2.45 bits per heavy atom. The summed E-state index contributed by atoms with van der Waals surface area (Å²) in [6.45, 7) is 2.90. The third kappa shape index (κ3) is 4.20. The van der Waals surface area contributed by atoms with Gasteiger partial charge in [0.25, 0.3) is 5.91 Å². The predicted octanol–water partition coefficient (Wildman–Crippen LogP) is 4.29. The van der Waals surface area contributed by atoms with Crippen LogP contribution in [0.25, 0.3) is 0 Å². The average Bonchev–Trinajstić information content (AvgIpc) is 2.88. The quantitative estimate of drug-likeness (QED) is 0.662. The molecule has 2 N–H and O–H groups in total. The molecule has 1 saturated heterocycles. The van der Waals surface area contributed by atoms with Crippen LogP contribution in [0.3, 0.4) is 0 Å². The van der Waals surface area contributed by atoms with Crippen molar-refractivity contribution in [3.05, 3.63) is 68.7 Å². The van der Waals surface area contributed by atoms with Crippen molar-refractivity contribution in [2.24, 2.45) is 0 Å². The standard InChI is InChI=1S/C20H18Cl3N3O3/c1-11(13-5-3-4-6-14(13)21)24-17(27)10-26-18(28)20(2,25-19(26)29)12-7-8-15(22)16(23)9-12/h3-9,11H,10H2,1-2H3,(H,24,27)(H,25,29). The number of nitrogens with zero attached hydrogens (tertiary/aromatic N) is 1. The van der Waals surface area contributed by atoms with Gasteiger partial charge in [0.05, 0.1) is 16.1 Å². The molecule has 1 heterocycles. The van der Waals surface area contributed by atoms with Crippen molar-refractivity contribution in [2.45, 2.75) is 25.4 Å². The lowest BCUT2D eigenvalue weighted by Crippen LogP contribution is -2.43. The molecule has 2 aromatic carbocycles.